The number of Topliss-reactive ketones (excluding diaryl/α,β-unsaturated/α-hetero) is 1. The fourth-order valence-corrected chi connectivity index (χ4v) is 3.95. The largest absolute Gasteiger partial charge is 0.371 e. The van der Waals surface area contributed by atoms with Gasteiger partial charge >= 0.3 is 0 Å². The molecular weight excluding hydrogens is 380 g/mol. The topological polar surface area (TPSA) is 102 Å². The number of hydrogen-bond donors (Lipinski definition) is 2. The van der Waals surface area contributed by atoms with Crippen molar-refractivity contribution in [2.24, 2.45) is 0 Å². The van der Waals surface area contributed by atoms with Crippen LogP contribution in [0.1, 0.15) is 9.67 Å². The molecule has 4 rings (SSSR count). The highest BCUT2D eigenvalue weighted by atomic mass is 32.1. The van der Waals surface area contributed by atoms with Gasteiger partial charge in [-0.1, -0.05) is 18.2 Å². The van der Waals surface area contributed by atoms with Crippen LogP contribution in [0.2, 0.25) is 0 Å². The van der Waals surface area contributed by atoms with Gasteiger partial charge in [-0.25, -0.2) is 4.98 Å². The van der Waals surface area contributed by atoms with E-state index in [2.05, 4.69) is 15.6 Å². The Hall–Kier alpha value is -3.04. The molecule has 0 aliphatic carbocycles. The maximum atomic E-state index is 12.8. The standard InChI is InChI=1S/C19H18N4O4S/c24-15-10-27-9-14(15)22-18(25)13(8-23-6-5-20-11-23)21-19(26)17-7-12-3-1-2-4-16(12)28-17/h1-7,11,13-14H,8-10H2,(H,21,26)(H,22,25)/t13-,14?/m0/s1. The number of thiophene rings is 1. The van der Waals surface area contributed by atoms with Crippen LogP contribution in [0.15, 0.2) is 49.1 Å². The van der Waals surface area contributed by atoms with Crippen molar-refractivity contribution in [3.05, 3.63) is 53.9 Å². The molecular formula is C19H18N4O4S. The molecule has 1 aromatic carbocycles. The molecule has 144 valence electrons. The summed E-state index contributed by atoms with van der Waals surface area (Å²) in [6.07, 6.45) is 4.86. The van der Waals surface area contributed by atoms with E-state index < -0.39 is 18.0 Å². The van der Waals surface area contributed by atoms with Crippen molar-refractivity contribution in [1.29, 1.82) is 0 Å². The van der Waals surface area contributed by atoms with Gasteiger partial charge in [0.25, 0.3) is 5.91 Å². The first-order chi connectivity index (χ1) is 13.6. The van der Waals surface area contributed by atoms with Gasteiger partial charge in [-0.15, -0.1) is 11.3 Å². The van der Waals surface area contributed by atoms with Crippen LogP contribution < -0.4 is 10.6 Å². The smallest absolute Gasteiger partial charge is 0.262 e. The van der Waals surface area contributed by atoms with Crippen molar-refractivity contribution in [2.75, 3.05) is 13.2 Å². The normalized spacial score (nSPS) is 17.6. The minimum absolute atomic E-state index is 0.00865. The minimum Gasteiger partial charge on any atom is -0.371 e. The number of aromatic nitrogens is 2. The van der Waals surface area contributed by atoms with Gasteiger partial charge in [-0.2, -0.15) is 0 Å². The summed E-state index contributed by atoms with van der Waals surface area (Å²) in [6, 6.07) is 7.96. The number of nitrogens with one attached hydrogen (secondary N) is 2. The zero-order chi connectivity index (χ0) is 19.5. The Morgan fingerprint density at radius 3 is 2.93 bits per heavy atom. The molecule has 1 saturated heterocycles. The summed E-state index contributed by atoms with van der Waals surface area (Å²) in [5.74, 6) is -0.951. The number of imidazole rings is 1. The summed E-state index contributed by atoms with van der Waals surface area (Å²) in [6.45, 7) is 0.335. The lowest BCUT2D eigenvalue weighted by Gasteiger charge is -2.20. The van der Waals surface area contributed by atoms with E-state index in [9.17, 15) is 14.4 Å². The average Bonchev–Trinajstić information content (AvgIpc) is 3.42. The Labute approximate surface area is 164 Å². The van der Waals surface area contributed by atoms with Crippen molar-refractivity contribution in [1.82, 2.24) is 20.2 Å². The fourth-order valence-electron chi connectivity index (χ4n) is 2.99. The molecule has 8 nitrogen and oxygen atoms in total. The van der Waals surface area contributed by atoms with Crippen LogP contribution in [-0.4, -0.2) is 52.4 Å². The van der Waals surface area contributed by atoms with E-state index in [1.807, 2.05) is 24.3 Å². The summed E-state index contributed by atoms with van der Waals surface area (Å²) in [5.41, 5.74) is 0. The lowest BCUT2D eigenvalue weighted by atomic mass is 10.2. The summed E-state index contributed by atoms with van der Waals surface area (Å²) >= 11 is 1.36. The van der Waals surface area contributed by atoms with Crippen molar-refractivity contribution in [3.63, 3.8) is 0 Å². The monoisotopic (exact) mass is 398 g/mol. The van der Waals surface area contributed by atoms with E-state index >= 15 is 0 Å². The number of ether oxygens (including phenoxy) is 1. The molecule has 1 aliphatic heterocycles. The maximum absolute atomic E-state index is 12.8. The first kappa shape index (κ1) is 18.3. The number of fused-ring (bicyclic) bond motifs is 1. The second-order valence-electron chi connectivity index (χ2n) is 6.48. The van der Waals surface area contributed by atoms with E-state index in [4.69, 9.17) is 4.74 Å². The molecule has 3 aromatic rings. The molecule has 1 fully saturated rings. The molecule has 2 atom stereocenters. The van der Waals surface area contributed by atoms with Crippen LogP contribution in [0.4, 0.5) is 0 Å². The van der Waals surface area contributed by atoms with Gasteiger partial charge in [0.1, 0.15) is 18.7 Å². The van der Waals surface area contributed by atoms with Gasteiger partial charge in [0.2, 0.25) is 5.91 Å². The number of benzene rings is 1. The SMILES string of the molecule is O=C(N[C@@H](Cn1ccnc1)C(=O)NC1COCC1=O)c1cc2ccccc2s1. The van der Waals surface area contributed by atoms with E-state index in [-0.39, 0.29) is 31.4 Å². The molecule has 28 heavy (non-hydrogen) atoms. The van der Waals surface area contributed by atoms with Crippen LogP contribution in [0, 0.1) is 0 Å². The van der Waals surface area contributed by atoms with E-state index in [1.54, 1.807) is 29.4 Å². The van der Waals surface area contributed by atoms with Crippen molar-refractivity contribution in [2.45, 2.75) is 18.6 Å². The number of carbonyl (C=O) groups excluding carboxylic acids is 3. The predicted molar refractivity (Wildman–Crippen MR) is 103 cm³/mol. The number of nitrogens with zero attached hydrogens (tertiary/aromatic N) is 2. The summed E-state index contributed by atoms with van der Waals surface area (Å²) in [4.78, 5) is 41.7. The quantitative estimate of drug-likeness (QED) is 0.644. The molecule has 0 bridgehead atoms. The second kappa shape index (κ2) is 7.91. The van der Waals surface area contributed by atoms with Crippen LogP contribution in [-0.2, 0) is 20.9 Å². The van der Waals surface area contributed by atoms with Gasteiger partial charge < -0.3 is 19.9 Å². The molecule has 0 saturated carbocycles. The highest BCUT2D eigenvalue weighted by Crippen LogP contribution is 2.25. The fraction of sp³-hybridized carbons (Fsp3) is 0.263. The summed E-state index contributed by atoms with van der Waals surface area (Å²) in [5, 5.41) is 6.42. The molecule has 2 aromatic heterocycles. The Bertz CT molecular complexity index is 981. The average molecular weight is 398 g/mol. The third-order valence-electron chi connectivity index (χ3n) is 4.46. The lowest BCUT2D eigenvalue weighted by Crippen LogP contribution is -2.53. The third kappa shape index (κ3) is 3.95. The first-order valence-electron chi connectivity index (χ1n) is 8.76. The molecule has 3 heterocycles. The van der Waals surface area contributed by atoms with Crippen molar-refractivity contribution >= 4 is 39.0 Å². The van der Waals surface area contributed by atoms with Crippen molar-refractivity contribution < 1.29 is 19.1 Å². The van der Waals surface area contributed by atoms with Gasteiger partial charge in [0.15, 0.2) is 5.78 Å². The maximum Gasteiger partial charge on any atom is 0.262 e. The molecule has 9 heteroatoms. The van der Waals surface area contributed by atoms with Crippen LogP contribution in [0.25, 0.3) is 10.1 Å². The Kier molecular flexibility index (Phi) is 5.18. The van der Waals surface area contributed by atoms with Gasteiger partial charge in [-0.3, -0.25) is 14.4 Å². The number of carbonyl (C=O) groups is 3. The highest BCUT2D eigenvalue weighted by molar-refractivity contribution is 7.20. The zero-order valence-electron chi connectivity index (χ0n) is 14.8. The Morgan fingerprint density at radius 1 is 1.36 bits per heavy atom. The Balaban J connectivity index is 1.51. The molecule has 1 unspecified atom stereocenters. The highest BCUT2D eigenvalue weighted by Gasteiger charge is 2.30. The van der Waals surface area contributed by atoms with E-state index in [0.29, 0.717) is 4.88 Å². The molecule has 0 spiro atoms. The van der Waals surface area contributed by atoms with Gasteiger partial charge in [0.05, 0.1) is 24.4 Å². The third-order valence-corrected chi connectivity index (χ3v) is 5.57. The Morgan fingerprint density at radius 2 is 2.21 bits per heavy atom. The minimum atomic E-state index is -0.861. The first-order valence-corrected chi connectivity index (χ1v) is 9.58. The zero-order valence-corrected chi connectivity index (χ0v) is 15.6. The van der Waals surface area contributed by atoms with Gasteiger partial charge in [0, 0.05) is 17.1 Å². The van der Waals surface area contributed by atoms with Gasteiger partial charge in [-0.05, 0) is 17.5 Å². The summed E-state index contributed by atoms with van der Waals surface area (Å²) < 4.78 is 7.77. The molecule has 2 amide bonds. The van der Waals surface area contributed by atoms with Crippen LogP contribution in [0.5, 0.6) is 0 Å². The number of ketones is 1. The molecule has 0 radical (unpaired) electrons. The van der Waals surface area contributed by atoms with Crippen LogP contribution in [0.3, 0.4) is 0 Å². The number of amides is 2. The predicted octanol–water partition coefficient (Wildman–Crippen LogP) is 0.981. The number of rotatable bonds is 6. The lowest BCUT2D eigenvalue weighted by molar-refractivity contribution is -0.127. The second-order valence-corrected chi connectivity index (χ2v) is 7.56. The van der Waals surface area contributed by atoms with Crippen molar-refractivity contribution in [3.8, 4) is 0 Å². The molecule has 2 N–H and O–H groups in total. The number of hydrogen-bond acceptors (Lipinski definition) is 6. The van der Waals surface area contributed by atoms with E-state index in [1.165, 1.54) is 11.3 Å². The van der Waals surface area contributed by atoms with E-state index in [0.717, 1.165) is 10.1 Å². The van der Waals surface area contributed by atoms with Crippen LogP contribution >= 0.6 is 11.3 Å². The summed E-state index contributed by atoms with van der Waals surface area (Å²) in [7, 11) is 0. The molecule has 1 aliphatic rings.